The lowest BCUT2D eigenvalue weighted by Gasteiger charge is -2.28. The van der Waals surface area contributed by atoms with Gasteiger partial charge in [-0.05, 0) is 37.9 Å². The van der Waals surface area contributed by atoms with E-state index >= 15 is 0 Å². The third-order valence-corrected chi connectivity index (χ3v) is 4.43. The van der Waals surface area contributed by atoms with Crippen LogP contribution in [0.5, 0.6) is 0 Å². The molecule has 1 unspecified atom stereocenters. The van der Waals surface area contributed by atoms with Crippen LogP contribution in [-0.2, 0) is 6.42 Å². The van der Waals surface area contributed by atoms with Gasteiger partial charge in [-0.25, -0.2) is 0 Å². The Morgan fingerprint density at radius 2 is 2.40 bits per heavy atom. The van der Waals surface area contributed by atoms with Crippen molar-refractivity contribution in [3.05, 3.63) is 21.3 Å². The smallest absolute Gasteiger partial charge is 0.0931 e. The minimum Gasteiger partial charge on any atom is -0.311 e. The van der Waals surface area contributed by atoms with Crippen LogP contribution in [0.4, 0.5) is 0 Å². The van der Waals surface area contributed by atoms with Gasteiger partial charge in [-0.1, -0.05) is 24.9 Å². The second-order valence-electron chi connectivity index (χ2n) is 4.44. The van der Waals surface area contributed by atoms with Gasteiger partial charge in [0.1, 0.15) is 0 Å². The van der Waals surface area contributed by atoms with Crippen LogP contribution in [0.1, 0.15) is 37.5 Å². The monoisotopic (exact) mass is 243 g/mol. The van der Waals surface area contributed by atoms with Crippen molar-refractivity contribution in [1.82, 2.24) is 5.32 Å². The maximum Gasteiger partial charge on any atom is 0.0931 e. The fourth-order valence-corrected chi connectivity index (χ4v) is 3.81. The van der Waals surface area contributed by atoms with Gasteiger partial charge in [0.05, 0.1) is 4.34 Å². The van der Waals surface area contributed by atoms with Gasteiger partial charge in [-0.2, -0.15) is 0 Å². The van der Waals surface area contributed by atoms with E-state index in [1.807, 2.05) is 6.07 Å². The molecule has 2 heterocycles. The second kappa shape index (κ2) is 4.86. The molecule has 1 atom stereocenters. The highest BCUT2D eigenvalue weighted by Crippen LogP contribution is 2.32. The van der Waals surface area contributed by atoms with E-state index in [-0.39, 0.29) is 0 Å². The Balaban J connectivity index is 2.06. The SMILES string of the molecule is CCCC1(Cc2ccc(Cl)s2)CCCN1. The highest BCUT2D eigenvalue weighted by molar-refractivity contribution is 7.16. The third kappa shape index (κ3) is 2.74. The molecule has 0 spiro atoms. The second-order valence-corrected chi connectivity index (χ2v) is 6.24. The third-order valence-electron chi connectivity index (χ3n) is 3.20. The van der Waals surface area contributed by atoms with Gasteiger partial charge >= 0.3 is 0 Å². The Morgan fingerprint density at radius 1 is 1.53 bits per heavy atom. The first-order chi connectivity index (χ1) is 7.24. The van der Waals surface area contributed by atoms with Gasteiger partial charge in [0.15, 0.2) is 0 Å². The van der Waals surface area contributed by atoms with Crippen LogP contribution < -0.4 is 5.32 Å². The topological polar surface area (TPSA) is 12.0 Å². The molecule has 1 saturated heterocycles. The summed E-state index contributed by atoms with van der Waals surface area (Å²) >= 11 is 7.69. The molecule has 0 aromatic carbocycles. The molecule has 0 radical (unpaired) electrons. The lowest BCUT2D eigenvalue weighted by Crippen LogP contribution is -2.41. The summed E-state index contributed by atoms with van der Waals surface area (Å²) in [6.45, 7) is 3.45. The first kappa shape index (κ1) is 11.4. The van der Waals surface area contributed by atoms with Crippen LogP contribution >= 0.6 is 22.9 Å². The molecule has 0 aliphatic carbocycles. The van der Waals surface area contributed by atoms with E-state index < -0.39 is 0 Å². The molecule has 1 fully saturated rings. The molecule has 1 N–H and O–H groups in total. The Bertz CT molecular complexity index is 315. The zero-order valence-electron chi connectivity index (χ0n) is 9.18. The molecular formula is C12H18ClNS. The zero-order valence-corrected chi connectivity index (χ0v) is 10.8. The maximum absolute atomic E-state index is 5.97. The molecule has 0 saturated carbocycles. The van der Waals surface area contributed by atoms with Crippen LogP contribution in [0.15, 0.2) is 12.1 Å². The summed E-state index contributed by atoms with van der Waals surface area (Å²) in [5.41, 5.74) is 0.364. The van der Waals surface area contributed by atoms with E-state index in [0.29, 0.717) is 5.54 Å². The van der Waals surface area contributed by atoms with Crippen molar-refractivity contribution in [2.45, 2.75) is 44.6 Å². The van der Waals surface area contributed by atoms with Crippen LogP contribution in [0.25, 0.3) is 0 Å². The van der Waals surface area contributed by atoms with E-state index in [1.54, 1.807) is 11.3 Å². The van der Waals surface area contributed by atoms with E-state index in [2.05, 4.69) is 18.3 Å². The van der Waals surface area contributed by atoms with Gasteiger partial charge in [-0.15, -0.1) is 11.3 Å². The van der Waals surface area contributed by atoms with Gasteiger partial charge in [0, 0.05) is 16.8 Å². The van der Waals surface area contributed by atoms with Crippen LogP contribution in [0.2, 0.25) is 4.34 Å². The van der Waals surface area contributed by atoms with E-state index in [4.69, 9.17) is 11.6 Å². The lowest BCUT2D eigenvalue weighted by atomic mass is 9.88. The van der Waals surface area contributed by atoms with Gasteiger partial charge in [0.25, 0.3) is 0 Å². The Kier molecular flexibility index (Phi) is 3.70. The van der Waals surface area contributed by atoms with Crippen molar-refractivity contribution in [3.8, 4) is 0 Å². The fraction of sp³-hybridized carbons (Fsp3) is 0.667. The van der Waals surface area contributed by atoms with Crippen LogP contribution in [0, 0.1) is 0 Å². The summed E-state index contributed by atoms with van der Waals surface area (Å²) in [6.07, 6.45) is 6.32. The molecule has 2 rings (SSSR count). The number of halogens is 1. The number of hydrogen-bond donors (Lipinski definition) is 1. The van der Waals surface area contributed by atoms with Crippen LogP contribution in [0.3, 0.4) is 0 Å². The standard InChI is InChI=1S/C12H18ClNS/c1-2-6-12(7-3-8-14-12)9-10-4-5-11(13)15-10/h4-5,14H,2-3,6-9H2,1H3. The molecule has 1 aliphatic heterocycles. The van der Waals surface area contributed by atoms with Crippen molar-refractivity contribution in [1.29, 1.82) is 0 Å². The van der Waals surface area contributed by atoms with E-state index in [1.165, 1.54) is 37.1 Å². The first-order valence-corrected chi connectivity index (χ1v) is 6.93. The predicted octanol–water partition coefficient (Wildman–Crippen LogP) is 3.87. The lowest BCUT2D eigenvalue weighted by molar-refractivity contribution is 0.344. The molecular weight excluding hydrogens is 226 g/mol. The molecule has 1 aromatic heterocycles. The summed E-state index contributed by atoms with van der Waals surface area (Å²) in [5.74, 6) is 0. The summed E-state index contributed by atoms with van der Waals surface area (Å²) in [4.78, 5) is 1.42. The minimum atomic E-state index is 0.364. The summed E-state index contributed by atoms with van der Waals surface area (Å²) in [5, 5.41) is 3.69. The van der Waals surface area contributed by atoms with Gasteiger partial charge < -0.3 is 5.32 Å². The van der Waals surface area contributed by atoms with E-state index in [9.17, 15) is 0 Å². The minimum absolute atomic E-state index is 0.364. The summed E-state index contributed by atoms with van der Waals surface area (Å²) in [7, 11) is 0. The molecule has 1 nitrogen and oxygen atoms in total. The normalized spacial score (nSPS) is 26.0. The van der Waals surface area contributed by atoms with Crippen molar-refractivity contribution < 1.29 is 0 Å². The predicted molar refractivity (Wildman–Crippen MR) is 67.9 cm³/mol. The Labute approximate surface area is 101 Å². The number of nitrogens with one attached hydrogen (secondary N) is 1. The fourth-order valence-electron chi connectivity index (χ4n) is 2.58. The van der Waals surface area contributed by atoms with Gasteiger partial charge in [0.2, 0.25) is 0 Å². The average molecular weight is 244 g/mol. The summed E-state index contributed by atoms with van der Waals surface area (Å²) < 4.78 is 0.912. The molecule has 1 aliphatic rings. The highest BCUT2D eigenvalue weighted by atomic mass is 35.5. The quantitative estimate of drug-likeness (QED) is 0.847. The zero-order chi connectivity index (χ0) is 10.7. The molecule has 0 amide bonds. The molecule has 15 heavy (non-hydrogen) atoms. The number of hydrogen-bond acceptors (Lipinski definition) is 2. The molecule has 1 aromatic rings. The molecule has 0 bridgehead atoms. The van der Waals surface area contributed by atoms with Crippen molar-refractivity contribution >= 4 is 22.9 Å². The maximum atomic E-state index is 5.97. The van der Waals surface area contributed by atoms with Crippen molar-refractivity contribution in [3.63, 3.8) is 0 Å². The van der Waals surface area contributed by atoms with Gasteiger partial charge in [-0.3, -0.25) is 0 Å². The van der Waals surface area contributed by atoms with Crippen LogP contribution in [-0.4, -0.2) is 12.1 Å². The summed E-state index contributed by atoms with van der Waals surface area (Å²) in [6, 6.07) is 4.18. The highest BCUT2D eigenvalue weighted by Gasteiger charge is 2.32. The average Bonchev–Trinajstić information content (AvgIpc) is 2.78. The number of thiophene rings is 1. The Morgan fingerprint density at radius 3 is 2.93 bits per heavy atom. The first-order valence-electron chi connectivity index (χ1n) is 5.73. The molecule has 3 heteroatoms. The largest absolute Gasteiger partial charge is 0.311 e. The Hall–Kier alpha value is -0.0500. The van der Waals surface area contributed by atoms with Crippen molar-refractivity contribution in [2.75, 3.05) is 6.54 Å². The van der Waals surface area contributed by atoms with E-state index in [0.717, 1.165) is 10.8 Å². The number of rotatable bonds is 4. The van der Waals surface area contributed by atoms with Crippen molar-refractivity contribution in [2.24, 2.45) is 0 Å². The molecule has 84 valence electrons.